The zero-order valence-electron chi connectivity index (χ0n) is 15.2. The van der Waals surface area contributed by atoms with Gasteiger partial charge >= 0.3 is 0 Å². The zero-order valence-corrected chi connectivity index (χ0v) is 16.9. The number of hydrogen-bond acceptors (Lipinski definition) is 5. The fourth-order valence-corrected chi connectivity index (χ4v) is 3.84. The van der Waals surface area contributed by atoms with Gasteiger partial charge in [0.1, 0.15) is 0 Å². The fraction of sp³-hybridized carbons (Fsp3) is 0.222. The summed E-state index contributed by atoms with van der Waals surface area (Å²) in [4.78, 5) is 26.7. The van der Waals surface area contributed by atoms with Gasteiger partial charge < -0.3 is 10.2 Å². The van der Waals surface area contributed by atoms with Crippen LogP contribution in [0, 0.1) is 0 Å². The number of carbonyl (C=O) groups excluding carboxylic acids is 2. The fourth-order valence-electron chi connectivity index (χ4n) is 2.08. The Hall–Kier alpha value is -2.36. The molecule has 0 unspecified atom stereocenters. The molecule has 0 aliphatic carbocycles. The van der Waals surface area contributed by atoms with Crippen LogP contribution in [0.2, 0.25) is 0 Å². The summed E-state index contributed by atoms with van der Waals surface area (Å²) in [6, 6.07) is 12.9. The van der Waals surface area contributed by atoms with E-state index >= 15 is 0 Å². The van der Waals surface area contributed by atoms with Gasteiger partial charge in [-0.2, -0.15) is 0 Å². The second kappa shape index (κ2) is 9.03. The Bertz CT molecular complexity index is 926. The van der Waals surface area contributed by atoms with Crippen molar-refractivity contribution in [1.29, 1.82) is 0 Å². The number of amides is 2. The molecular formula is C18H21N3O4S2. The van der Waals surface area contributed by atoms with Crippen LogP contribution >= 0.6 is 11.8 Å². The number of nitrogens with one attached hydrogen (secondary N) is 2. The summed E-state index contributed by atoms with van der Waals surface area (Å²) in [5.74, 6) is -0.149. The first-order valence-corrected chi connectivity index (χ1v) is 10.5. The molecule has 7 nitrogen and oxygen atoms in total. The van der Waals surface area contributed by atoms with Crippen molar-refractivity contribution in [3.63, 3.8) is 0 Å². The highest BCUT2D eigenvalue weighted by molar-refractivity contribution is 8.00. The minimum absolute atomic E-state index is 0.0449. The Kier molecular flexibility index (Phi) is 7.00. The molecule has 27 heavy (non-hydrogen) atoms. The second-order valence-electron chi connectivity index (χ2n) is 5.76. The lowest BCUT2D eigenvalue weighted by Crippen LogP contribution is -2.23. The van der Waals surface area contributed by atoms with E-state index in [0.717, 1.165) is 0 Å². The van der Waals surface area contributed by atoms with Gasteiger partial charge in [0, 0.05) is 24.7 Å². The predicted octanol–water partition coefficient (Wildman–Crippen LogP) is 2.03. The van der Waals surface area contributed by atoms with E-state index in [2.05, 4.69) is 10.0 Å². The van der Waals surface area contributed by atoms with Crippen molar-refractivity contribution in [3.8, 4) is 0 Å². The molecule has 0 aromatic heterocycles. The van der Waals surface area contributed by atoms with Crippen LogP contribution in [0.25, 0.3) is 0 Å². The van der Waals surface area contributed by atoms with Crippen molar-refractivity contribution >= 4 is 39.3 Å². The molecule has 0 aliphatic rings. The minimum atomic E-state index is -3.53. The standard InChI is InChI=1S/C18H21N3O4S2/c1-19-27(24,25)14-10-8-13(9-11-14)20-18(23)15-6-4-5-7-16(15)26-12-17(22)21(2)3/h4-11,19H,12H2,1-3H3,(H,20,23). The van der Waals surface area contributed by atoms with Crippen LogP contribution in [0.5, 0.6) is 0 Å². The molecule has 2 rings (SSSR count). The Morgan fingerprint density at radius 3 is 2.26 bits per heavy atom. The lowest BCUT2D eigenvalue weighted by Gasteiger charge is -2.12. The highest BCUT2D eigenvalue weighted by atomic mass is 32.2. The van der Waals surface area contributed by atoms with Crippen molar-refractivity contribution in [2.45, 2.75) is 9.79 Å². The van der Waals surface area contributed by atoms with E-state index in [1.165, 1.54) is 48.0 Å². The lowest BCUT2D eigenvalue weighted by atomic mass is 10.2. The SMILES string of the molecule is CNS(=O)(=O)c1ccc(NC(=O)c2ccccc2SCC(=O)N(C)C)cc1. The maximum Gasteiger partial charge on any atom is 0.256 e. The first-order valence-electron chi connectivity index (χ1n) is 8.01. The van der Waals surface area contributed by atoms with Crippen LogP contribution in [0.15, 0.2) is 58.3 Å². The van der Waals surface area contributed by atoms with Crippen molar-refractivity contribution in [1.82, 2.24) is 9.62 Å². The largest absolute Gasteiger partial charge is 0.348 e. The van der Waals surface area contributed by atoms with Crippen LogP contribution in [-0.4, -0.2) is 52.0 Å². The van der Waals surface area contributed by atoms with Gasteiger partial charge in [-0.3, -0.25) is 9.59 Å². The smallest absolute Gasteiger partial charge is 0.256 e. The molecule has 144 valence electrons. The van der Waals surface area contributed by atoms with E-state index in [9.17, 15) is 18.0 Å². The minimum Gasteiger partial charge on any atom is -0.348 e. The summed E-state index contributed by atoms with van der Waals surface area (Å²) >= 11 is 1.29. The molecular weight excluding hydrogens is 386 g/mol. The number of thioether (sulfide) groups is 1. The molecule has 0 bridgehead atoms. The monoisotopic (exact) mass is 407 g/mol. The van der Waals surface area contributed by atoms with Crippen molar-refractivity contribution in [3.05, 3.63) is 54.1 Å². The van der Waals surface area contributed by atoms with Crippen LogP contribution in [0.1, 0.15) is 10.4 Å². The van der Waals surface area contributed by atoms with Gasteiger partial charge in [-0.1, -0.05) is 12.1 Å². The number of sulfonamides is 1. The Morgan fingerprint density at radius 2 is 1.67 bits per heavy atom. The number of hydrogen-bond donors (Lipinski definition) is 2. The molecule has 0 saturated heterocycles. The number of nitrogens with zero attached hydrogens (tertiary/aromatic N) is 1. The van der Waals surface area contributed by atoms with Crippen molar-refractivity contribution in [2.75, 3.05) is 32.2 Å². The highest BCUT2D eigenvalue weighted by Crippen LogP contribution is 2.24. The third kappa shape index (κ3) is 5.56. The number of rotatable bonds is 7. The van der Waals surface area contributed by atoms with Gasteiger partial charge in [0.15, 0.2) is 0 Å². The van der Waals surface area contributed by atoms with Crippen molar-refractivity contribution < 1.29 is 18.0 Å². The molecule has 2 aromatic carbocycles. The Balaban J connectivity index is 2.13. The summed E-state index contributed by atoms with van der Waals surface area (Å²) in [7, 11) is 1.17. The molecule has 0 saturated carbocycles. The quantitative estimate of drug-likeness (QED) is 0.685. The molecule has 0 spiro atoms. The average Bonchev–Trinajstić information content (AvgIpc) is 2.66. The number of carbonyl (C=O) groups is 2. The highest BCUT2D eigenvalue weighted by Gasteiger charge is 2.15. The van der Waals surface area contributed by atoms with E-state index < -0.39 is 10.0 Å². The summed E-state index contributed by atoms with van der Waals surface area (Å²) in [5.41, 5.74) is 0.917. The van der Waals surface area contributed by atoms with Crippen LogP contribution < -0.4 is 10.0 Å². The molecule has 0 fully saturated rings. The second-order valence-corrected chi connectivity index (χ2v) is 8.66. The molecule has 2 aromatic rings. The normalized spacial score (nSPS) is 11.1. The topological polar surface area (TPSA) is 95.6 Å². The van der Waals surface area contributed by atoms with E-state index in [-0.39, 0.29) is 22.5 Å². The number of benzene rings is 2. The van der Waals surface area contributed by atoms with E-state index in [1.807, 2.05) is 0 Å². The summed E-state index contributed by atoms with van der Waals surface area (Å²) in [5, 5.41) is 2.74. The summed E-state index contributed by atoms with van der Waals surface area (Å²) < 4.78 is 25.7. The van der Waals surface area contributed by atoms with Crippen LogP contribution in [0.4, 0.5) is 5.69 Å². The zero-order chi connectivity index (χ0) is 20.0. The Morgan fingerprint density at radius 1 is 1.04 bits per heavy atom. The molecule has 9 heteroatoms. The first kappa shape index (κ1) is 20.9. The predicted molar refractivity (Wildman–Crippen MR) is 107 cm³/mol. The maximum atomic E-state index is 12.6. The summed E-state index contributed by atoms with van der Waals surface area (Å²) in [6.45, 7) is 0. The lowest BCUT2D eigenvalue weighted by molar-refractivity contribution is -0.125. The summed E-state index contributed by atoms with van der Waals surface area (Å²) in [6.07, 6.45) is 0. The van der Waals surface area contributed by atoms with Gasteiger partial charge in [0.05, 0.1) is 16.2 Å². The average molecular weight is 408 g/mol. The third-order valence-corrected chi connectivity index (χ3v) is 6.16. The van der Waals surface area contributed by atoms with E-state index in [4.69, 9.17) is 0 Å². The van der Waals surface area contributed by atoms with Gasteiger partial charge in [-0.25, -0.2) is 13.1 Å². The molecule has 0 heterocycles. The van der Waals surface area contributed by atoms with Gasteiger partial charge in [0.25, 0.3) is 5.91 Å². The van der Waals surface area contributed by atoms with Crippen molar-refractivity contribution in [2.24, 2.45) is 0 Å². The van der Waals surface area contributed by atoms with Gasteiger partial charge in [0.2, 0.25) is 15.9 Å². The number of anilines is 1. The Labute approximate surface area is 163 Å². The third-order valence-electron chi connectivity index (χ3n) is 3.67. The molecule has 0 aliphatic heterocycles. The van der Waals surface area contributed by atoms with E-state index in [0.29, 0.717) is 16.1 Å². The molecule has 2 amide bonds. The van der Waals surface area contributed by atoms with Crippen LogP contribution in [-0.2, 0) is 14.8 Å². The van der Waals surface area contributed by atoms with Gasteiger partial charge in [-0.15, -0.1) is 11.8 Å². The van der Waals surface area contributed by atoms with E-state index in [1.54, 1.807) is 38.4 Å². The molecule has 0 atom stereocenters. The van der Waals surface area contributed by atoms with Gasteiger partial charge in [-0.05, 0) is 43.4 Å². The molecule has 2 N–H and O–H groups in total. The van der Waals surface area contributed by atoms with Crippen LogP contribution in [0.3, 0.4) is 0 Å². The first-order chi connectivity index (χ1) is 12.7. The maximum absolute atomic E-state index is 12.6. The molecule has 0 radical (unpaired) electrons.